The molecule has 0 aromatic heterocycles. The van der Waals surface area contributed by atoms with E-state index < -0.39 is 12.1 Å². The number of hydrogen-bond donors (Lipinski definition) is 1. The molecule has 1 aromatic rings. The van der Waals surface area contributed by atoms with Crippen molar-refractivity contribution in [3.05, 3.63) is 36.4 Å². The molecule has 1 fully saturated rings. The minimum atomic E-state index is -0.950. The lowest BCUT2D eigenvalue weighted by atomic mass is 10.1. The van der Waals surface area contributed by atoms with Gasteiger partial charge in [0.15, 0.2) is 0 Å². The molecule has 0 saturated carbocycles. The largest absolute Gasteiger partial charge is 0.497 e. The van der Waals surface area contributed by atoms with Gasteiger partial charge in [0.1, 0.15) is 18.1 Å². The van der Waals surface area contributed by atoms with Gasteiger partial charge in [-0.2, -0.15) is 0 Å². The zero-order chi connectivity index (χ0) is 17.5. The van der Waals surface area contributed by atoms with Crippen LogP contribution in [0.15, 0.2) is 30.9 Å². The molecule has 1 aromatic carbocycles. The zero-order valence-electron chi connectivity index (χ0n) is 13.6. The van der Waals surface area contributed by atoms with Crippen molar-refractivity contribution in [3.63, 3.8) is 0 Å². The first kappa shape index (κ1) is 17.8. The van der Waals surface area contributed by atoms with Crippen LogP contribution < -0.4 is 9.47 Å². The number of carbonyl (C=O) groups is 2. The van der Waals surface area contributed by atoms with Gasteiger partial charge in [-0.25, -0.2) is 0 Å². The highest BCUT2D eigenvalue weighted by Crippen LogP contribution is 2.27. The third kappa shape index (κ3) is 4.48. The number of hydrogen-bond acceptors (Lipinski definition) is 5. The third-order valence-corrected chi connectivity index (χ3v) is 3.60. The molecule has 1 atom stereocenters. The summed E-state index contributed by atoms with van der Waals surface area (Å²) in [5, 5.41) is 8.88. The van der Waals surface area contributed by atoms with E-state index in [4.69, 9.17) is 19.3 Å². The molecule has 0 radical (unpaired) electrons. The van der Waals surface area contributed by atoms with E-state index in [2.05, 4.69) is 6.58 Å². The van der Waals surface area contributed by atoms with Crippen LogP contribution in [-0.2, 0) is 9.53 Å². The Morgan fingerprint density at radius 3 is 2.96 bits per heavy atom. The van der Waals surface area contributed by atoms with Crippen LogP contribution in [0.3, 0.4) is 0 Å². The van der Waals surface area contributed by atoms with Gasteiger partial charge in [0.2, 0.25) is 0 Å². The number of morpholine rings is 1. The average molecular weight is 335 g/mol. The Morgan fingerprint density at radius 1 is 1.50 bits per heavy atom. The second kappa shape index (κ2) is 8.35. The topological polar surface area (TPSA) is 85.3 Å². The van der Waals surface area contributed by atoms with Crippen LogP contribution in [0.2, 0.25) is 0 Å². The van der Waals surface area contributed by atoms with E-state index in [1.807, 2.05) is 0 Å². The molecule has 0 aliphatic carbocycles. The molecule has 2 rings (SSSR count). The summed E-state index contributed by atoms with van der Waals surface area (Å²) >= 11 is 0. The van der Waals surface area contributed by atoms with Crippen molar-refractivity contribution in [1.29, 1.82) is 0 Å². The maximum Gasteiger partial charge on any atom is 0.306 e. The van der Waals surface area contributed by atoms with Crippen molar-refractivity contribution in [2.45, 2.75) is 12.5 Å². The van der Waals surface area contributed by atoms with Crippen LogP contribution in [0.5, 0.6) is 11.5 Å². The zero-order valence-corrected chi connectivity index (χ0v) is 13.6. The van der Waals surface area contributed by atoms with Crippen molar-refractivity contribution >= 4 is 11.9 Å². The molecule has 24 heavy (non-hydrogen) atoms. The number of carboxylic acids is 1. The molecule has 0 bridgehead atoms. The maximum absolute atomic E-state index is 12.8. The number of benzene rings is 1. The summed E-state index contributed by atoms with van der Waals surface area (Å²) in [5.41, 5.74) is 0.397. The van der Waals surface area contributed by atoms with Gasteiger partial charge in [-0.1, -0.05) is 12.7 Å². The first-order valence-electron chi connectivity index (χ1n) is 7.59. The average Bonchev–Trinajstić information content (AvgIpc) is 2.58. The second-order valence-corrected chi connectivity index (χ2v) is 5.30. The summed E-state index contributed by atoms with van der Waals surface area (Å²) in [4.78, 5) is 25.2. The predicted octanol–water partition coefficient (Wildman–Crippen LogP) is 1.58. The highest BCUT2D eigenvalue weighted by atomic mass is 16.5. The fourth-order valence-electron chi connectivity index (χ4n) is 2.47. The van der Waals surface area contributed by atoms with Gasteiger partial charge in [0.25, 0.3) is 5.91 Å². The van der Waals surface area contributed by atoms with E-state index in [1.165, 1.54) is 7.11 Å². The number of carboxylic acid groups (broad SMARTS) is 1. The molecule has 1 aliphatic heterocycles. The minimum Gasteiger partial charge on any atom is -0.497 e. The number of methoxy groups -OCH3 is 1. The number of rotatable bonds is 7. The Balaban J connectivity index is 2.18. The van der Waals surface area contributed by atoms with Crippen LogP contribution in [-0.4, -0.2) is 61.4 Å². The first-order chi connectivity index (χ1) is 11.5. The lowest BCUT2D eigenvalue weighted by Crippen LogP contribution is -2.46. The normalized spacial score (nSPS) is 17.2. The van der Waals surface area contributed by atoms with Gasteiger partial charge in [-0.3, -0.25) is 9.59 Å². The van der Waals surface area contributed by atoms with Crippen LogP contribution in [0, 0.1) is 0 Å². The third-order valence-electron chi connectivity index (χ3n) is 3.60. The molecule has 0 spiro atoms. The van der Waals surface area contributed by atoms with Crippen LogP contribution in [0.1, 0.15) is 16.8 Å². The van der Waals surface area contributed by atoms with Crippen molar-refractivity contribution in [1.82, 2.24) is 4.90 Å². The predicted molar refractivity (Wildman–Crippen MR) is 86.6 cm³/mol. The molecule has 1 saturated heterocycles. The Bertz CT molecular complexity index is 615. The summed E-state index contributed by atoms with van der Waals surface area (Å²) in [6.45, 7) is 4.81. The van der Waals surface area contributed by atoms with Gasteiger partial charge in [-0.15, -0.1) is 0 Å². The van der Waals surface area contributed by atoms with E-state index in [0.29, 0.717) is 30.2 Å². The molecule has 130 valence electrons. The molecule has 1 unspecified atom stereocenters. The fourth-order valence-corrected chi connectivity index (χ4v) is 2.47. The van der Waals surface area contributed by atoms with Gasteiger partial charge in [0, 0.05) is 19.2 Å². The molecule has 1 amide bonds. The quantitative estimate of drug-likeness (QED) is 0.762. The lowest BCUT2D eigenvalue weighted by molar-refractivity contribution is -0.141. The molecule has 1 aliphatic rings. The monoisotopic (exact) mass is 335 g/mol. The summed E-state index contributed by atoms with van der Waals surface area (Å²) < 4.78 is 16.1. The van der Waals surface area contributed by atoms with E-state index in [0.717, 1.165) is 0 Å². The van der Waals surface area contributed by atoms with Gasteiger partial charge in [0.05, 0.1) is 31.8 Å². The smallest absolute Gasteiger partial charge is 0.306 e. The lowest BCUT2D eigenvalue weighted by Gasteiger charge is -2.32. The highest BCUT2D eigenvalue weighted by Gasteiger charge is 2.28. The van der Waals surface area contributed by atoms with Gasteiger partial charge < -0.3 is 24.2 Å². The SMILES string of the molecule is C=CCOc1cc(OC)ccc1C(=O)N1CCOC(CC(=O)O)C1. The standard InChI is InChI=1S/C17H21NO6/c1-3-7-24-15-9-12(22-2)4-5-14(15)17(21)18-6-8-23-13(11-18)10-16(19)20/h3-5,9,13H,1,6-8,10-11H2,2H3,(H,19,20). The highest BCUT2D eigenvalue weighted by molar-refractivity contribution is 5.97. The van der Waals surface area contributed by atoms with Crippen molar-refractivity contribution in [3.8, 4) is 11.5 Å². The number of amides is 1. The molecular formula is C17H21NO6. The van der Waals surface area contributed by atoms with Crippen molar-refractivity contribution in [2.24, 2.45) is 0 Å². The first-order valence-corrected chi connectivity index (χ1v) is 7.59. The number of ether oxygens (including phenoxy) is 3. The Hall–Kier alpha value is -2.54. The van der Waals surface area contributed by atoms with Crippen molar-refractivity contribution < 1.29 is 28.9 Å². The van der Waals surface area contributed by atoms with Crippen LogP contribution in [0.25, 0.3) is 0 Å². The molecule has 1 N–H and O–H groups in total. The van der Waals surface area contributed by atoms with E-state index >= 15 is 0 Å². The summed E-state index contributed by atoms with van der Waals surface area (Å²) in [5.74, 6) is -0.193. The van der Waals surface area contributed by atoms with Crippen LogP contribution in [0.4, 0.5) is 0 Å². The van der Waals surface area contributed by atoms with Gasteiger partial charge >= 0.3 is 5.97 Å². The van der Waals surface area contributed by atoms with E-state index in [1.54, 1.807) is 29.2 Å². The fraction of sp³-hybridized carbons (Fsp3) is 0.412. The number of aliphatic carboxylic acids is 1. The minimum absolute atomic E-state index is 0.133. The second-order valence-electron chi connectivity index (χ2n) is 5.30. The maximum atomic E-state index is 12.8. The van der Waals surface area contributed by atoms with E-state index in [9.17, 15) is 9.59 Å². The van der Waals surface area contributed by atoms with Crippen LogP contribution >= 0.6 is 0 Å². The molecular weight excluding hydrogens is 314 g/mol. The molecule has 1 heterocycles. The number of nitrogens with zero attached hydrogens (tertiary/aromatic N) is 1. The number of carbonyl (C=O) groups excluding carboxylic acids is 1. The van der Waals surface area contributed by atoms with Gasteiger partial charge in [-0.05, 0) is 12.1 Å². The molecule has 7 heteroatoms. The Labute approximate surface area is 140 Å². The summed E-state index contributed by atoms with van der Waals surface area (Å²) in [6, 6.07) is 4.97. The Morgan fingerprint density at radius 2 is 2.29 bits per heavy atom. The summed E-state index contributed by atoms with van der Waals surface area (Å²) in [7, 11) is 1.53. The van der Waals surface area contributed by atoms with Crippen molar-refractivity contribution in [2.75, 3.05) is 33.4 Å². The molecule has 7 nitrogen and oxygen atoms in total. The summed E-state index contributed by atoms with van der Waals surface area (Å²) in [6.07, 6.45) is 0.952. The van der Waals surface area contributed by atoms with E-state index in [-0.39, 0.29) is 25.5 Å². The Kier molecular flexibility index (Phi) is 6.20.